The molecule has 0 aliphatic carbocycles. The second kappa shape index (κ2) is 5.70. The summed E-state index contributed by atoms with van der Waals surface area (Å²) in [7, 11) is 0. The molecular formula is C15H22FNO. The molecule has 18 heavy (non-hydrogen) atoms. The standard InChI is InChI=1S/C15H22FNO/c1-3-12-6-8-17(9-7-12)15-5-4-13(16)10-14(15)11(2)18/h4-5,10-12,18H,3,6-9H2,1-2H3/t11-/m0/s1. The molecule has 0 unspecified atom stereocenters. The van der Waals surface area contributed by atoms with Crippen molar-refractivity contribution in [2.45, 2.75) is 39.2 Å². The van der Waals surface area contributed by atoms with E-state index >= 15 is 0 Å². The Morgan fingerprint density at radius 2 is 2.06 bits per heavy atom. The van der Waals surface area contributed by atoms with Crippen molar-refractivity contribution < 1.29 is 9.50 Å². The van der Waals surface area contributed by atoms with Gasteiger partial charge in [0.05, 0.1) is 6.10 Å². The Bertz CT molecular complexity index is 397. The van der Waals surface area contributed by atoms with Crippen LogP contribution in [0.5, 0.6) is 0 Å². The largest absolute Gasteiger partial charge is 0.389 e. The van der Waals surface area contributed by atoms with Gasteiger partial charge >= 0.3 is 0 Å². The topological polar surface area (TPSA) is 23.5 Å². The molecule has 3 heteroatoms. The molecule has 1 fully saturated rings. The molecule has 1 aromatic rings. The van der Waals surface area contributed by atoms with E-state index in [2.05, 4.69) is 11.8 Å². The number of hydrogen-bond donors (Lipinski definition) is 1. The average molecular weight is 251 g/mol. The first-order valence-electron chi connectivity index (χ1n) is 6.84. The van der Waals surface area contributed by atoms with Crippen molar-refractivity contribution in [1.82, 2.24) is 0 Å². The third kappa shape index (κ3) is 2.83. The first kappa shape index (κ1) is 13.3. The van der Waals surface area contributed by atoms with Gasteiger partial charge in [-0.25, -0.2) is 4.39 Å². The van der Waals surface area contributed by atoms with Crippen LogP contribution >= 0.6 is 0 Å². The fraction of sp³-hybridized carbons (Fsp3) is 0.600. The number of anilines is 1. The summed E-state index contributed by atoms with van der Waals surface area (Å²) in [6, 6.07) is 4.72. The molecule has 1 aliphatic rings. The normalized spacial score (nSPS) is 19.0. The monoisotopic (exact) mass is 251 g/mol. The van der Waals surface area contributed by atoms with Crippen molar-refractivity contribution in [2.75, 3.05) is 18.0 Å². The first-order valence-corrected chi connectivity index (χ1v) is 6.84. The molecule has 2 rings (SSSR count). The van der Waals surface area contributed by atoms with Crippen LogP contribution in [0.3, 0.4) is 0 Å². The smallest absolute Gasteiger partial charge is 0.123 e. The number of nitrogens with zero attached hydrogens (tertiary/aromatic N) is 1. The average Bonchev–Trinajstić information content (AvgIpc) is 2.39. The minimum absolute atomic E-state index is 0.280. The zero-order valence-corrected chi connectivity index (χ0v) is 11.2. The lowest BCUT2D eigenvalue weighted by Gasteiger charge is -2.34. The van der Waals surface area contributed by atoms with Gasteiger partial charge in [0.2, 0.25) is 0 Å². The molecule has 2 nitrogen and oxygen atoms in total. The van der Waals surface area contributed by atoms with E-state index < -0.39 is 6.10 Å². The Kier molecular flexibility index (Phi) is 4.23. The molecule has 1 atom stereocenters. The molecule has 0 bridgehead atoms. The molecule has 0 spiro atoms. The summed E-state index contributed by atoms with van der Waals surface area (Å²) in [4.78, 5) is 2.27. The molecule has 0 saturated carbocycles. The molecule has 0 amide bonds. The quantitative estimate of drug-likeness (QED) is 0.888. The van der Waals surface area contributed by atoms with Gasteiger partial charge in [-0.3, -0.25) is 0 Å². The number of piperidine rings is 1. The number of hydrogen-bond acceptors (Lipinski definition) is 2. The maximum Gasteiger partial charge on any atom is 0.123 e. The Balaban J connectivity index is 2.18. The summed E-state index contributed by atoms with van der Waals surface area (Å²) in [5.74, 6) is 0.537. The zero-order chi connectivity index (χ0) is 13.1. The number of benzene rings is 1. The lowest BCUT2D eigenvalue weighted by Crippen LogP contribution is -2.34. The van der Waals surface area contributed by atoms with Crippen LogP contribution in [-0.4, -0.2) is 18.2 Å². The van der Waals surface area contributed by atoms with Gasteiger partial charge in [0.1, 0.15) is 5.82 Å². The predicted molar refractivity (Wildman–Crippen MR) is 72.3 cm³/mol. The first-order chi connectivity index (χ1) is 8.61. The van der Waals surface area contributed by atoms with Crippen molar-refractivity contribution >= 4 is 5.69 Å². The predicted octanol–water partition coefficient (Wildman–Crippen LogP) is 3.51. The van der Waals surface area contributed by atoms with E-state index in [4.69, 9.17) is 0 Å². The molecule has 0 aromatic heterocycles. The van der Waals surface area contributed by atoms with Gasteiger partial charge in [0.15, 0.2) is 0 Å². The van der Waals surface area contributed by atoms with Crippen LogP contribution in [0, 0.1) is 11.7 Å². The van der Waals surface area contributed by atoms with E-state index in [1.807, 2.05) is 0 Å². The van der Waals surface area contributed by atoms with Crippen molar-refractivity contribution in [3.63, 3.8) is 0 Å². The second-order valence-corrected chi connectivity index (χ2v) is 5.22. The summed E-state index contributed by atoms with van der Waals surface area (Å²) in [6.07, 6.45) is 2.99. The number of aliphatic hydroxyl groups is 1. The molecular weight excluding hydrogens is 229 g/mol. The van der Waals surface area contributed by atoms with E-state index in [1.54, 1.807) is 13.0 Å². The Morgan fingerprint density at radius 1 is 1.39 bits per heavy atom. The van der Waals surface area contributed by atoms with E-state index in [0.29, 0.717) is 5.56 Å². The van der Waals surface area contributed by atoms with Crippen LogP contribution in [0.1, 0.15) is 44.8 Å². The van der Waals surface area contributed by atoms with Crippen LogP contribution in [0.15, 0.2) is 18.2 Å². The number of halogens is 1. The van der Waals surface area contributed by atoms with Crippen LogP contribution in [-0.2, 0) is 0 Å². The highest BCUT2D eigenvalue weighted by atomic mass is 19.1. The fourth-order valence-corrected chi connectivity index (χ4v) is 2.73. The van der Waals surface area contributed by atoms with Gasteiger partial charge in [-0.1, -0.05) is 13.3 Å². The van der Waals surface area contributed by atoms with Crippen molar-refractivity contribution in [3.05, 3.63) is 29.6 Å². The Labute approximate surface area is 108 Å². The molecule has 1 aliphatic heterocycles. The fourth-order valence-electron chi connectivity index (χ4n) is 2.73. The lowest BCUT2D eigenvalue weighted by molar-refractivity contribution is 0.199. The number of aliphatic hydroxyl groups excluding tert-OH is 1. The van der Waals surface area contributed by atoms with E-state index in [1.165, 1.54) is 31.4 Å². The van der Waals surface area contributed by atoms with Gasteiger partial charge in [0, 0.05) is 24.3 Å². The molecule has 1 saturated heterocycles. The third-order valence-electron chi connectivity index (χ3n) is 3.97. The van der Waals surface area contributed by atoms with E-state index in [9.17, 15) is 9.50 Å². The van der Waals surface area contributed by atoms with Crippen molar-refractivity contribution in [2.24, 2.45) is 5.92 Å². The maximum absolute atomic E-state index is 13.3. The zero-order valence-electron chi connectivity index (χ0n) is 11.2. The van der Waals surface area contributed by atoms with Crippen molar-refractivity contribution in [3.8, 4) is 0 Å². The molecule has 1 N–H and O–H groups in total. The third-order valence-corrected chi connectivity index (χ3v) is 3.97. The minimum Gasteiger partial charge on any atom is -0.389 e. The molecule has 1 aromatic carbocycles. The minimum atomic E-state index is -0.625. The van der Waals surface area contributed by atoms with E-state index in [-0.39, 0.29) is 5.82 Å². The summed E-state index contributed by atoms with van der Waals surface area (Å²) in [5.41, 5.74) is 1.69. The summed E-state index contributed by atoms with van der Waals surface area (Å²) in [5, 5.41) is 9.76. The van der Waals surface area contributed by atoms with Gasteiger partial charge in [0.25, 0.3) is 0 Å². The van der Waals surface area contributed by atoms with Crippen LogP contribution in [0.4, 0.5) is 10.1 Å². The van der Waals surface area contributed by atoms with Crippen LogP contribution in [0.2, 0.25) is 0 Å². The van der Waals surface area contributed by atoms with Crippen LogP contribution < -0.4 is 4.90 Å². The van der Waals surface area contributed by atoms with Crippen LogP contribution in [0.25, 0.3) is 0 Å². The van der Waals surface area contributed by atoms with E-state index in [0.717, 1.165) is 24.7 Å². The highest BCUT2D eigenvalue weighted by Crippen LogP contribution is 2.31. The maximum atomic E-state index is 13.3. The molecule has 1 heterocycles. The Hall–Kier alpha value is -1.09. The second-order valence-electron chi connectivity index (χ2n) is 5.22. The molecule has 0 radical (unpaired) electrons. The van der Waals surface area contributed by atoms with Gasteiger partial charge < -0.3 is 10.0 Å². The van der Waals surface area contributed by atoms with Gasteiger partial charge in [-0.05, 0) is 43.9 Å². The lowest BCUT2D eigenvalue weighted by atomic mass is 9.93. The van der Waals surface area contributed by atoms with Gasteiger partial charge in [-0.2, -0.15) is 0 Å². The Morgan fingerprint density at radius 3 is 2.61 bits per heavy atom. The number of rotatable bonds is 3. The van der Waals surface area contributed by atoms with Crippen molar-refractivity contribution in [1.29, 1.82) is 0 Å². The summed E-state index contributed by atoms with van der Waals surface area (Å²) >= 11 is 0. The summed E-state index contributed by atoms with van der Waals surface area (Å²) < 4.78 is 13.3. The SMILES string of the molecule is CCC1CCN(c2ccc(F)cc2[C@H](C)O)CC1. The highest BCUT2D eigenvalue weighted by Gasteiger charge is 2.21. The highest BCUT2D eigenvalue weighted by molar-refractivity contribution is 5.55. The molecule has 100 valence electrons. The summed E-state index contributed by atoms with van der Waals surface area (Å²) in [6.45, 7) is 5.93. The van der Waals surface area contributed by atoms with Gasteiger partial charge in [-0.15, -0.1) is 0 Å².